The Balaban J connectivity index is 0.00000110. The minimum Gasteiger partial charge on any atom is -0.487 e. The largest absolute Gasteiger partial charge is 0.487 e. The Morgan fingerprint density at radius 3 is 2.30 bits per heavy atom. The number of hydrogen-bond donors (Lipinski definition) is 0. The predicted octanol–water partition coefficient (Wildman–Crippen LogP) is 3.65. The summed E-state index contributed by atoms with van der Waals surface area (Å²) in [5.74, 6) is 0.710. The van der Waals surface area contributed by atoms with Crippen molar-refractivity contribution in [2.24, 2.45) is 0 Å². The fraction of sp³-hybridized carbons (Fsp3) is 0.533. The van der Waals surface area contributed by atoms with Gasteiger partial charge >= 0.3 is 6.15 Å². The third-order valence-electron chi connectivity index (χ3n) is 2.17. The van der Waals surface area contributed by atoms with Gasteiger partial charge in [0, 0.05) is 0 Å². The van der Waals surface area contributed by atoms with Crippen molar-refractivity contribution in [3.63, 3.8) is 0 Å². The van der Waals surface area contributed by atoms with Crippen molar-refractivity contribution < 1.29 is 19.1 Å². The Labute approximate surface area is 125 Å². The third-order valence-corrected chi connectivity index (χ3v) is 2.46. The summed E-state index contributed by atoms with van der Waals surface area (Å²) in [5.41, 5.74) is 0.982. The average Bonchev–Trinajstić information content (AvgIpc) is 2.30. The maximum absolute atomic E-state index is 8.12. The highest BCUT2D eigenvalue weighted by atomic mass is 35.5. The maximum atomic E-state index is 8.12. The smallest absolute Gasteiger partial charge is 0.373 e. The van der Waals surface area contributed by atoms with Crippen molar-refractivity contribution >= 4 is 17.8 Å². The van der Waals surface area contributed by atoms with Gasteiger partial charge in [0.25, 0.3) is 0 Å². The fourth-order valence-electron chi connectivity index (χ4n) is 1.32. The van der Waals surface area contributed by atoms with Crippen molar-refractivity contribution in [3.05, 3.63) is 28.8 Å². The van der Waals surface area contributed by atoms with E-state index in [9.17, 15) is 0 Å². The van der Waals surface area contributed by atoms with Gasteiger partial charge in [-0.1, -0.05) is 17.7 Å². The summed E-state index contributed by atoms with van der Waals surface area (Å²) in [6.45, 7) is 10.6. The van der Waals surface area contributed by atoms with Crippen molar-refractivity contribution in [1.82, 2.24) is 0 Å². The van der Waals surface area contributed by atoms with E-state index in [2.05, 4.69) is 0 Å². The lowest BCUT2D eigenvalue weighted by Crippen LogP contribution is -2.27. The van der Waals surface area contributed by atoms with E-state index >= 15 is 0 Å². The SMILES string of the molecule is Cc1ccc(OC(C)COC(C)(C)C)c(Cl)c1.O=C=O. The van der Waals surface area contributed by atoms with Gasteiger partial charge in [0.2, 0.25) is 0 Å². The zero-order valence-corrected chi connectivity index (χ0v) is 13.3. The molecule has 1 unspecified atom stereocenters. The average molecular weight is 301 g/mol. The number of hydrogen-bond acceptors (Lipinski definition) is 4. The van der Waals surface area contributed by atoms with E-state index in [1.165, 1.54) is 0 Å². The molecule has 0 bridgehead atoms. The molecule has 0 aliphatic carbocycles. The van der Waals surface area contributed by atoms with Gasteiger partial charge in [-0.3, -0.25) is 0 Å². The molecule has 0 amide bonds. The van der Waals surface area contributed by atoms with Crippen LogP contribution in [-0.2, 0) is 14.3 Å². The molecule has 0 spiro atoms. The number of aryl methyl sites for hydroxylation is 1. The molecule has 20 heavy (non-hydrogen) atoms. The van der Waals surface area contributed by atoms with E-state index in [1.807, 2.05) is 52.8 Å². The number of ether oxygens (including phenoxy) is 2. The first-order valence-electron chi connectivity index (χ1n) is 6.25. The molecule has 1 rings (SSSR count). The summed E-state index contributed by atoms with van der Waals surface area (Å²) >= 11 is 6.10. The number of rotatable bonds is 4. The summed E-state index contributed by atoms with van der Waals surface area (Å²) in [4.78, 5) is 16.2. The van der Waals surface area contributed by atoms with Crippen LogP contribution >= 0.6 is 11.6 Å². The van der Waals surface area contributed by atoms with Crippen LogP contribution in [0.25, 0.3) is 0 Å². The highest BCUT2D eigenvalue weighted by Crippen LogP contribution is 2.26. The normalized spacial score (nSPS) is 11.9. The standard InChI is InChI=1S/C14H21ClO2.CO2/c1-10-6-7-13(12(15)8-10)17-11(2)9-16-14(3,4)5;2-1-3/h6-8,11H,9H2,1-5H3;. The minimum atomic E-state index is -0.144. The van der Waals surface area contributed by atoms with Crippen LogP contribution < -0.4 is 4.74 Å². The molecule has 0 aliphatic rings. The molecular formula is C15H21ClO4. The van der Waals surface area contributed by atoms with Crippen LogP contribution in [0.4, 0.5) is 0 Å². The van der Waals surface area contributed by atoms with Crippen LogP contribution in [0.5, 0.6) is 5.75 Å². The van der Waals surface area contributed by atoms with Crippen LogP contribution in [-0.4, -0.2) is 24.5 Å². The topological polar surface area (TPSA) is 52.6 Å². The van der Waals surface area contributed by atoms with E-state index in [0.29, 0.717) is 17.4 Å². The van der Waals surface area contributed by atoms with E-state index in [0.717, 1.165) is 5.56 Å². The highest BCUT2D eigenvalue weighted by molar-refractivity contribution is 6.32. The zero-order chi connectivity index (χ0) is 15.8. The highest BCUT2D eigenvalue weighted by Gasteiger charge is 2.14. The maximum Gasteiger partial charge on any atom is 0.373 e. The van der Waals surface area contributed by atoms with Gasteiger partial charge in [0.15, 0.2) is 0 Å². The molecule has 0 N–H and O–H groups in total. The summed E-state index contributed by atoms with van der Waals surface area (Å²) in [6.07, 6.45) is 0.231. The van der Waals surface area contributed by atoms with Gasteiger partial charge in [0.1, 0.15) is 11.9 Å². The van der Waals surface area contributed by atoms with Gasteiger partial charge in [-0.05, 0) is 52.3 Å². The van der Waals surface area contributed by atoms with Crippen molar-refractivity contribution in [1.29, 1.82) is 0 Å². The van der Waals surface area contributed by atoms with Crippen molar-refractivity contribution in [2.75, 3.05) is 6.61 Å². The Hall–Kier alpha value is -1.35. The lowest BCUT2D eigenvalue weighted by atomic mass is 10.2. The molecule has 0 radical (unpaired) electrons. The van der Waals surface area contributed by atoms with E-state index in [1.54, 1.807) is 0 Å². The van der Waals surface area contributed by atoms with Crippen LogP contribution in [0, 0.1) is 6.92 Å². The molecule has 112 valence electrons. The minimum absolute atomic E-state index is 0.0190. The van der Waals surface area contributed by atoms with Crippen LogP contribution in [0.15, 0.2) is 18.2 Å². The predicted molar refractivity (Wildman–Crippen MR) is 77.0 cm³/mol. The number of carbonyl (C=O) groups excluding carboxylic acids is 2. The lowest BCUT2D eigenvalue weighted by Gasteiger charge is -2.23. The molecule has 1 aromatic carbocycles. The Bertz CT molecular complexity index is 446. The first kappa shape index (κ1) is 18.7. The van der Waals surface area contributed by atoms with Crippen LogP contribution in [0.3, 0.4) is 0 Å². The second kappa shape index (κ2) is 8.75. The van der Waals surface area contributed by atoms with Gasteiger partial charge in [-0.2, -0.15) is 9.59 Å². The Morgan fingerprint density at radius 2 is 1.85 bits per heavy atom. The van der Waals surface area contributed by atoms with E-state index in [-0.39, 0.29) is 17.9 Å². The Kier molecular flexibility index (Phi) is 8.16. The number of halogens is 1. The first-order chi connectivity index (χ1) is 9.19. The van der Waals surface area contributed by atoms with Crippen LogP contribution in [0.2, 0.25) is 5.02 Å². The number of benzene rings is 1. The molecular weight excluding hydrogens is 280 g/mol. The molecule has 0 fully saturated rings. The van der Waals surface area contributed by atoms with E-state index in [4.69, 9.17) is 30.7 Å². The molecule has 0 saturated carbocycles. The molecule has 1 atom stereocenters. The molecule has 0 aromatic heterocycles. The first-order valence-corrected chi connectivity index (χ1v) is 6.63. The second-order valence-corrected chi connectivity index (χ2v) is 5.78. The molecule has 5 heteroatoms. The molecule has 4 nitrogen and oxygen atoms in total. The lowest BCUT2D eigenvalue weighted by molar-refractivity contribution is -0.191. The molecule has 0 aliphatic heterocycles. The van der Waals surface area contributed by atoms with Gasteiger partial charge in [0.05, 0.1) is 17.2 Å². The van der Waals surface area contributed by atoms with Gasteiger partial charge in [-0.15, -0.1) is 0 Å². The Morgan fingerprint density at radius 1 is 1.30 bits per heavy atom. The monoisotopic (exact) mass is 300 g/mol. The molecule has 0 heterocycles. The third kappa shape index (κ3) is 8.70. The summed E-state index contributed by atoms with van der Waals surface area (Å²) in [7, 11) is 0. The van der Waals surface area contributed by atoms with Crippen molar-refractivity contribution in [2.45, 2.75) is 46.3 Å². The summed E-state index contributed by atoms with van der Waals surface area (Å²) in [5, 5.41) is 0.646. The molecule has 1 aromatic rings. The fourth-order valence-corrected chi connectivity index (χ4v) is 1.60. The zero-order valence-electron chi connectivity index (χ0n) is 12.5. The molecule has 0 saturated heterocycles. The van der Waals surface area contributed by atoms with Gasteiger partial charge in [-0.25, -0.2) is 0 Å². The van der Waals surface area contributed by atoms with E-state index < -0.39 is 0 Å². The summed E-state index contributed by atoms with van der Waals surface area (Å²) < 4.78 is 11.4. The quantitative estimate of drug-likeness (QED) is 0.851. The summed E-state index contributed by atoms with van der Waals surface area (Å²) in [6, 6.07) is 5.78. The van der Waals surface area contributed by atoms with Crippen molar-refractivity contribution in [3.8, 4) is 5.75 Å². The van der Waals surface area contributed by atoms with Gasteiger partial charge < -0.3 is 9.47 Å². The second-order valence-electron chi connectivity index (χ2n) is 5.37. The van der Waals surface area contributed by atoms with Crippen LogP contribution in [0.1, 0.15) is 33.3 Å².